The van der Waals surface area contributed by atoms with Crippen molar-refractivity contribution in [2.45, 2.75) is 31.6 Å². The lowest BCUT2D eigenvalue weighted by molar-refractivity contribution is 0.0944. The van der Waals surface area contributed by atoms with Gasteiger partial charge in [-0.05, 0) is 28.8 Å². The third kappa shape index (κ3) is 5.55. The van der Waals surface area contributed by atoms with Crippen LogP contribution in [-0.4, -0.2) is 20.1 Å². The summed E-state index contributed by atoms with van der Waals surface area (Å²) in [6, 6.07) is 23.9. The smallest absolute Gasteiger partial charge is 0.252 e. The Hall–Kier alpha value is -2.96. The van der Waals surface area contributed by atoms with Crippen LogP contribution in [0.5, 0.6) is 0 Å². The maximum Gasteiger partial charge on any atom is 0.252 e. The van der Waals surface area contributed by atoms with E-state index in [1.165, 1.54) is 12.1 Å². The minimum atomic E-state index is -3.48. The van der Waals surface area contributed by atoms with Crippen molar-refractivity contribution >= 4 is 15.7 Å². The van der Waals surface area contributed by atoms with Gasteiger partial charge in [-0.1, -0.05) is 73.7 Å². The highest BCUT2D eigenvalue weighted by molar-refractivity contribution is 7.91. The predicted molar refractivity (Wildman–Crippen MR) is 117 cm³/mol. The second kappa shape index (κ2) is 10.2. The molecule has 0 saturated carbocycles. The Bertz CT molecular complexity index is 1090. The van der Waals surface area contributed by atoms with Crippen molar-refractivity contribution < 1.29 is 17.9 Å². The topological polar surface area (TPSA) is 72.5 Å². The van der Waals surface area contributed by atoms with Gasteiger partial charge in [0.05, 0.1) is 29.4 Å². The largest absolute Gasteiger partial charge is 0.372 e. The molecule has 0 aliphatic carbocycles. The number of amides is 1. The summed E-state index contributed by atoms with van der Waals surface area (Å²) < 4.78 is 30.4. The van der Waals surface area contributed by atoms with E-state index in [0.29, 0.717) is 13.2 Å². The molecular weight excluding hydrogens is 398 g/mol. The van der Waals surface area contributed by atoms with Gasteiger partial charge in [0.1, 0.15) is 0 Å². The molecule has 0 aliphatic rings. The number of hydrogen-bond acceptors (Lipinski definition) is 4. The SMILES string of the molecule is CCS(=O)(=O)c1ccccc1C(=O)NCc1ccccc1COCc1ccccc1. The lowest BCUT2D eigenvalue weighted by Crippen LogP contribution is -2.25. The fourth-order valence-electron chi connectivity index (χ4n) is 3.08. The standard InChI is InChI=1S/C24H25NO4S/c1-2-30(27,28)23-15-9-8-14-22(23)24(26)25-16-20-12-6-7-13-21(20)18-29-17-19-10-4-3-5-11-19/h3-15H,2,16-18H2,1H3,(H,25,26). The van der Waals surface area contributed by atoms with Crippen molar-refractivity contribution in [1.29, 1.82) is 0 Å². The van der Waals surface area contributed by atoms with Gasteiger partial charge in [-0.15, -0.1) is 0 Å². The van der Waals surface area contributed by atoms with Crippen molar-refractivity contribution in [3.05, 3.63) is 101 Å². The highest BCUT2D eigenvalue weighted by Crippen LogP contribution is 2.18. The van der Waals surface area contributed by atoms with Crippen molar-refractivity contribution in [3.8, 4) is 0 Å². The summed E-state index contributed by atoms with van der Waals surface area (Å²) >= 11 is 0. The van der Waals surface area contributed by atoms with Crippen molar-refractivity contribution in [2.75, 3.05) is 5.75 Å². The van der Waals surface area contributed by atoms with Crippen LogP contribution in [0.2, 0.25) is 0 Å². The van der Waals surface area contributed by atoms with E-state index in [1.54, 1.807) is 19.1 Å². The van der Waals surface area contributed by atoms with Gasteiger partial charge in [-0.2, -0.15) is 0 Å². The Morgan fingerprint density at radius 1 is 0.833 bits per heavy atom. The zero-order valence-corrected chi connectivity index (χ0v) is 17.7. The van der Waals surface area contributed by atoms with Gasteiger partial charge in [-0.25, -0.2) is 8.42 Å². The number of sulfone groups is 1. The summed E-state index contributed by atoms with van der Waals surface area (Å²) in [5.41, 5.74) is 3.16. The quantitative estimate of drug-likeness (QED) is 0.562. The Morgan fingerprint density at radius 2 is 1.47 bits per heavy atom. The van der Waals surface area contributed by atoms with E-state index in [4.69, 9.17) is 4.74 Å². The molecule has 6 heteroatoms. The molecule has 30 heavy (non-hydrogen) atoms. The first-order valence-electron chi connectivity index (χ1n) is 9.79. The number of hydrogen-bond donors (Lipinski definition) is 1. The van der Waals surface area contributed by atoms with Gasteiger partial charge in [-0.3, -0.25) is 4.79 Å². The Balaban J connectivity index is 1.66. The number of carbonyl (C=O) groups excluding carboxylic acids is 1. The molecule has 0 aliphatic heterocycles. The van der Waals surface area contributed by atoms with Gasteiger partial charge in [0, 0.05) is 6.54 Å². The minimum Gasteiger partial charge on any atom is -0.372 e. The van der Waals surface area contributed by atoms with Crippen LogP contribution in [0.15, 0.2) is 83.8 Å². The summed E-state index contributed by atoms with van der Waals surface area (Å²) in [6.45, 7) is 2.77. The molecule has 0 unspecified atom stereocenters. The van der Waals surface area contributed by atoms with E-state index in [-0.39, 0.29) is 22.8 Å². The normalized spacial score (nSPS) is 11.2. The molecule has 0 atom stereocenters. The molecule has 3 aromatic rings. The van der Waals surface area contributed by atoms with E-state index in [2.05, 4.69) is 5.32 Å². The molecule has 0 spiro atoms. The van der Waals surface area contributed by atoms with Crippen molar-refractivity contribution in [1.82, 2.24) is 5.32 Å². The average molecular weight is 424 g/mol. The Kier molecular flexibility index (Phi) is 7.38. The van der Waals surface area contributed by atoms with E-state index in [9.17, 15) is 13.2 Å². The second-order valence-corrected chi connectivity index (χ2v) is 9.08. The zero-order chi connectivity index (χ0) is 21.4. The van der Waals surface area contributed by atoms with E-state index < -0.39 is 15.7 Å². The molecule has 0 fully saturated rings. The molecule has 1 N–H and O–H groups in total. The Labute approximate surface area is 177 Å². The monoisotopic (exact) mass is 423 g/mol. The van der Waals surface area contributed by atoms with Crippen LogP contribution in [0.25, 0.3) is 0 Å². The number of carbonyl (C=O) groups is 1. The maximum absolute atomic E-state index is 12.7. The molecule has 0 bridgehead atoms. The lowest BCUT2D eigenvalue weighted by Gasteiger charge is -2.13. The zero-order valence-electron chi connectivity index (χ0n) is 16.9. The molecule has 0 radical (unpaired) electrons. The van der Waals surface area contributed by atoms with E-state index in [1.807, 2.05) is 54.6 Å². The molecule has 0 heterocycles. The first kappa shape index (κ1) is 21.7. The number of ether oxygens (including phenoxy) is 1. The molecule has 3 aromatic carbocycles. The number of nitrogens with one attached hydrogen (secondary N) is 1. The Morgan fingerprint density at radius 3 is 2.20 bits per heavy atom. The van der Waals surface area contributed by atoms with Gasteiger partial charge in [0.25, 0.3) is 5.91 Å². The minimum absolute atomic E-state index is 0.0567. The van der Waals surface area contributed by atoms with Gasteiger partial charge >= 0.3 is 0 Å². The van der Waals surface area contributed by atoms with Crippen LogP contribution < -0.4 is 5.32 Å². The highest BCUT2D eigenvalue weighted by Gasteiger charge is 2.20. The van der Waals surface area contributed by atoms with Gasteiger partial charge in [0.2, 0.25) is 0 Å². The molecular formula is C24H25NO4S. The van der Waals surface area contributed by atoms with Crippen LogP contribution in [0, 0.1) is 0 Å². The molecule has 3 rings (SSSR count). The third-order valence-corrected chi connectivity index (χ3v) is 6.56. The fraction of sp³-hybridized carbons (Fsp3) is 0.208. The first-order chi connectivity index (χ1) is 14.5. The van der Waals surface area contributed by atoms with E-state index in [0.717, 1.165) is 16.7 Å². The molecule has 5 nitrogen and oxygen atoms in total. The van der Waals surface area contributed by atoms with Gasteiger partial charge < -0.3 is 10.1 Å². The third-order valence-electron chi connectivity index (χ3n) is 4.77. The van der Waals surface area contributed by atoms with Gasteiger partial charge in [0.15, 0.2) is 9.84 Å². The summed E-state index contributed by atoms with van der Waals surface area (Å²) in [5, 5.41) is 2.84. The van der Waals surface area contributed by atoms with Crippen molar-refractivity contribution in [3.63, 3.8) is 0 Å². The predicted octanol–water partition coefficient (Wildman–Crippen LogP) is 4.13. The summed E-state index contributed by atoms with van der Waals surface area (Å²) in [4.78, 5) is 12.8. The van der Waals surface area contributed by atoms with Crippen molar-refractivity contribution in [2.24, 2.45) is 0 Å². The fourth-order valence-corrected chi connectivity index (χ4v) is 4.17. The first-order valence-corrected chi connectivity index (χ1v) is 11.4. The summed E-state index contributed by atoms with van der Waals surface area (Å²) in [7, 11) is -3.48. The van der Waals surface area contributed by atoms with Crippen LogP contribution >= 0.6 is 0 Å². The van der Waals surface area contributed by atoms with E-state index >= 15 is 0 Å². The van der Waals surface area contributed by atoms with Crippen LogP contribution in [0.4, 0.5) is 0 Å². The lowest BCUT2D eigenvalue weighted by atomic mass is 10.1. The van der Waals surface area contributed by atoms with Crippen LogP contribution in [0.1, 0.15) is 34.0 Å². The highest BCUT2D eigenvalue weighted by atomic mass is 32.2. The average Bonchev–Trinajstić information content (AvgIpc) is 2.79. The summed E-state index contributed by atoms with van der Waals surface area (Å²) in [5.74, 6) is -0.471. The second-order valence-electron chi connectivity index (χ2n) is 6.83. The van der Waals surface area contributed by atoms with Crippen LogP contribution in [0.3, 0.4) is 0 Å². The summed E-state index contributed by atoms with van der Waals surface area (Å²) in [6.07, 6.45) is 0. The number of rotatable bonds is 9. The van der Waals surface area contributed by atoms with Crippen LogP contribution in [-0.2, 0) is 34.3 Å². The molecule has 0 saturated heterocycles. The number of benzene rings is 3. The maximum atomic E-state index is 12.7. The molecule has 156 valence electrons. The molecule has 0 aromatic heterocycles. The molecule has 1 amide bonds.